The van der Waals surface area contributed by atoms with E-state index in [4.69, 9.17) is 5.11 Å². The van der Waals surface area contributed by atoms with Crippen LogP contribution in [0.15, 0.2) is 24.3 Å². The predicted octanol–water partition coefficient (Wildman–Crippen LogP) is 2.23. The summed E-state index contributed by atoms with van der Waals surface area (Å²) in [4.78, 5) is 24.9. The lowest BCUT2D eigenvalue weighted by molar-refractivity contribution is -0.142. The Bertz CT molecular complexity index is 472. The topological polar surface area (TPSA) is 57.6 Å². The molecule has 1 aliphatic rings. The Morgan fingerprint density at radius 3 is 2.44 bits per heavy atom. The van der Waals surface area contributed by atoms with E-state index >= 15 is 0 Å². The van der Waals surface area contributed by atoms with Gasteiger partial charge in [-0.05, 0) is 60.2 Å². The van der Waals surface area contributed by atoms with Gasteiger partial charge in [0, 0.05) is 21.7 Å². The standard InChI is InChI=1S/C13H14INO3/c1-8-11(13(17)18)6-7-15(8)12(16)9-2-4-10(14)5-3-9/h2-5,8,11H,6-7H2,1H3,(H,17,18). The highest BCUT2D eigenvalue weighted by molar-refractivity contribution is 14.1. The Hall–Kier alpha value is -1.11. The molecule has 1 saturated heterocycles. The van der Waals surface area contributed by atoms with E-state index in [1.807, 2.05) is 12.1 Å². The first-order valence-electron chi connectivity index (χ1n) is 5.80. The Labute approximate surface area is 119 Å². The first-order chi connectivity index (χ1) is 8.50. The largest absolute Gasteiger partial charge is 0.481 e. The molecule has 96 valence electrons. The smallest absolute Gasteiger partial charge is 0.308 e. The zero-order chi connectivity index (χ0) is 13.3. The van der Waals surface area contributed by atoms with Gasteiger partial charge in [-0.25, -0.2) is 0 Å². The molecule has 18 heavy (non-hydrogen) atoms. The third-order valence-electron chi connectivity index (χ3n) is 3.42. The number of carbonyl (C=O) groups is 2. The molecular formula is C13H14INO3. The highest BCUT2D eigenvalue weighted by atomic mass is 127. The maximum absolute atomic E-state index is 12.3. The number of hydrogen-bond acceptors (Lipinski definition) is 2. The highest BCUT2D eigenvalue weighted by Crippen LogP contribution is 2.26. The summed E-state index contributed by atoms with van der Waals surface area (Å²) in [6, 6.07) is 7.08. The zero-order valence-electron chi connectivity index (χ0n) is 9.97. The molecule has 0 bridgehead atoms. The van der Waals surface area contributed by atoms with Crippen molar-refractivity contribution >= 4 is 34.5 Å². The average molecular weight is 359 g/mol. The van der Waals surface area contributed by atoms with Gasteiger partial charge in [-0.3, -0.25) is 9.59 Å². The van der Waals surface area contributed by atoms with Gasteiger partial charge >= 0.3 is 5.97 Å². The van der Waals surface area contributed by atoms with E-state index < -0.39 is 11.9 Å². The van der Waals surface area contributed by atoms with Gasteiger partial charge in [0.05, 0.1) is 5.92 Å². The van der Waals surface area contributed by atoms with Gasteiger partial charge in [-0.1, -0.05) is 0 Å². The van der Waals surface area contributed by atoms with Crippen molar-refractivity contribution in [1.82, 2.24) is 4.90 Å². The molecule has 1 amide bonds. The molecule has 0 spiro atoms. The summed E-state index contributed by atoms with van der Waals surface area (Å²) in [6.07, 6.45) is 0.534. The molecule has 1 fully saturated rings. The summed E-state index contributed by atoms with van der Waals surface area (Å²) in [6.45, 7) is 2.32. The molecule has 0 radical (unpaired) electrons. The predicted molar refractivity (Wildman–Crippen MR) is 75.4 cm³/mol. The number of benzene rings is 1. The van der Waals surface area contributed by atoms with Gasteiger partial charge in [-0.2, -0.15) is 0 Å². The van der Waals surface area contributed by atoms with E-state index in [9.17, 15) is 9.59 Å². The van der Waals surface area contributed by atoms with E-state index in [1.165, 1.54) is 0 Å². The summed E-state index contributed by atoms with van der Waals surface area (Å²) < 4.78 is 1.07. The maximum Gasteiger partial charge on any atom is 0.308 e. The van der Waals surface area contributed by atoms with Crippen LogP contribution < -0.4 is 0 Å². The van der Waals surface area contributed by atoms with E-state index in [0.29, 0.717) is 18.5 Å². The molecule has 0 saturated carbocycles. The van der Waals surface area contributed by atoms with E-state index in [-0.39, 0.29) is 11.9 Å². The van der Waals surface area contributed by atoms with Crippen molar-refractivity contribution < 1.29 is 14.7 Å². The molecule has 2 atom stereocenters. The molecule has 4 nitrogen and oxygen atoms in total. The quantitative estimate of drug-likeness (QED) is 0.824. The summed E-state index contributed by atoms with van der Waals surface area (Å²) in [5.41, 5.74) is 0.619. The van der Waals surface area contributed by atoms with E-state index in [0.717, 1.165) is 3.57 Å². The average Bonchev–Trinajstić information content (AvgIpc) is 2.71. The van der Waals surface area contributed by atoms with Crippen LogP contribution in [0.5, 0.6) is 0 Å². The van der Waals surface area contributed by atoms with E-state index in [1.54, 1.807) is 24.0 Å². The number of rotatable bonds is 2. The lowest BCUT2D eigenvalue weighted by Crippen LogP contribution is -2.37. The second-order valence-corrected chi connectivity index (χ2v) is 5.73. The van der Waals surface area contributed by atoms with Crippen LogP contribution in [0, 0.1) is 9.49 Å². The molecule has 1 aromatic rings. The molecule has 1 aromatic carbocycles. The Balaban J connectivity index is 2.15. The van der Waals surface area contributed by atoms with Crippen LogP contribution in [0.2, 0.25) is 0 Å². The number of carboxylic acid groups (broad SMARTS) is 1. The SMILES string of the molecule is CC1C(C(=O)O)CCN1C(=O)c1ccc(I)cc1. The summed E-state index contributed by atoms with van der Waals surface area (Å²) in [7, 11) is 0. The molecule has 2 unspecified atom stereocenters. The van der Waals surface area contributed by atoms with Gasteiger partial charge in [0.25, 0.3) is 5.91 Å². The lowest BCUT2D eigenvalue weighted by Gasteiger charge is -2.23. The molecule has 1 aliphatic heterocycles. The minimum absolute atomic E-state index is 0.0809. The molecule has 5 heteroatoms. The molecule has 0 aliphatic carbocycles. The fourth-order valence-electron chi connectivity index (χ4n) is 2.31. The minimum atomic E-state index is -0.819. The van der Waals surface area contributed by atoms with Crippen molar-refractivity contribution in [1.29, 1.82) is 0 Å². The van der Waals surface area contributed by atoms with Crippen LogP contribution in [0.3, 0.4) is 0 Å². The van der Waals surface area contributed by atoms with Gasteiger partial charge in [-0.15, -0.1) is 0 Å². The monoisotopic (exact) mass is 359 g/mol. The van der Waals surface area contributed by atoms with Crippen LogP contribution in [-0.2, 0) is 4.79 Å². The Kier molecular flexibility index (Phi) is 3.89. The highest BCUT2D eigenvalue weighted by Gasteiger charge is 2.38. The third kappa shape index (κ3) is 2.50. The molecule has 2 rings (SSSR count). The van der Waals surface area contributed by atoms with Crippen molar-refractivity contribution in [2.75, 3.05) is 6.54 Å². The van der Waals surface area contributed by atoms with Gasteiger partial charge in [0.2, 0.25) is 0 Å². The van der Waals surface area contributed by atoms with Crippen LogP contribution in [0.4, 0.5) is 0 Å². The fraction of sp³-hybridized carbons (Fsp3) is 0.385. The minimum Gasteiger partial charge on any atom is -0.481 e. The zero-order valence-corrected chi connectivity index (χ0v) is 12.1. The number of halogens is 1. The number of aliphatic carboxylic acids is 1. The van der Waals surface area contributed by atoms with Crippen molar-refractivity contribution in [2.45, 2.75) is 19.4 Å². The van der Waals surface area contributed by atoms with Gasteiger partial charge in [0.1, 0.15) is 0 Å². The molecule has 1 N–H and O–H groups in total. The van der Waals surface area contributed by atoms with E-state index in [2.05, 4.69) is 22.6 Å². The van der Waals surface area contributed by atoms with Crippen molar-refractivity contribution in [3.63, 3.8) is 0 Å². The molecular weight excluding hydrogens is 345 g/mol. The Morgan fingerprint density at radius 2 is 1.94 bits per heavy atom. The number of amides is 1. The summed E-state index contributed by atoms with van der Waals surface area (Å²) in [5.74, 6) is -1.35. The number of nitrogens with zero attached hydrogens (tertiary/aromatic N) is 1. The first kappa shape index (κ1) is 13.3. The van der Waals surface area contributed by atoms with Crippen LogP contribution in [-0.4, -0.2) is 34.5 Å². The van der Waals surface area contributed by atoms with Crippen LogP contribution in [0.25, 0.3) is 0 Å². The lowest BCUT2D eigenvalue weighted by atomic mass is 10.0. The second-order valence-electron chi connectivity index (χ2n) is 4.48. The van der Waals surface area contributed by atoms with Crippen molar-refractivity contribution in [3.05, 3.63) is 33.4 Å². The number of hydrogen-bond donors (Lipinski definition) is 1. The van der Waals surface area contributed by atoms with Crippen molar-refractivity contribution in [2.24, 2.45) is 5.92 Å². The summed E-state index contributed by atoms with van der Waals surface area (Å²) in [5, 5.41) is 9.05. The number of likely N-dealkylation sites (tertiary alicyclic amines) is 1. The first-order valence-corrected chi connectivity index (χ1v) is 6.88. The number of carboxylic acids is 1. The Morgan fingerprint density at radius 1 is 1.33 bits per heavy atom. The fourth-order valence-corrected chi connectivity index (χ4v) is 2.67. The van der Waals surface area contributed by atoms with Gasteiger partial charge < -0.3 is 10.0 Å². The summed E-state index contributed by atoms with van der Waals surface area (Å²) >= 11 is 2.18. The molecule has 0 aromatic heterocycles. The van der Waals surface area contributed by atoms with Gasteiger partial charge in [0.15, 0.2) is 0 Å². The maximum atomic E-state index is 12.3. The van der Waals surface area contributed by atoms with Crippen LogP contribution in [0.1, 0.15) is 23.7 Å². The van der Waals surface area contributed by atoms with Crippen molar-refractivity contribution in [3.8, 4) is 0 Å². The number of carbonyl (C=O) groups excluding carboxylic acids is 1. The molecule has 1 heterocycles. The second kappa shape index (κ2) is 5.26. The third-order valence-corrected chi connectivity index (χ3v) is 4.14. The van der Waals surface area contributed by atoms with Crippen LogP contribution >= 0.6 is 22.6 Å². The normalized spacial score (nSPS) is 23.1.